The van der Waals surface area contributed by atoms with Crippen molar-refractivity contribution < 1.29 is 0 Å². The molecule has 3 heteroatoms. The minimum Gasteiger partial charge on any atom is -0.338 e. The Labute approximate surface area is 131 Å². The number of aromatic nitrogens is 2. The Morgan fingerprint density at radius 1 is 1.00 bits per heavy atom. The van der Waals surface area contributed by atoms with Gasteiger partial charge in [-0.05, 0) is 30.2 Å². The third-order valence-corrected chi connectivity index (χ3v) is 3.62. The van der Waals surface area contributed by atoms with Crippen molar-refractivity contribution in [2.24, 2.45) is 0 Å². The Balaban J connectivity index is 1.80. The van der Waals surface area contributed by atoms with Crippen molar-refractivity contribution in [3.63, 3.8) is 0 Å². The fourth-order valence-corrected chi connectivity index (χ4v) is 2.47. The molecule has 0 aliphatic rings. The van der Waals surface area contributed by atoms with Crippen LogP contribution in [0.1, 0.15) is 18.9 Å². The Kier molecular flexibility index (Phi) is 4.66. The van der Waals surface area contributed by atoms with Crippen LogP contribution in [0.15, 0.2) is 60.8 Å². The highest BCUT2D eigenvalue weighted by atomic mass is 14.9. The zero-order valence-electron chi connectivity index (χ0n) is 12.8. The summed E-state index contributed by atoms with van der Waals surface area (Å²) in [6, 6.07) is 18.8. The zero-order valence-corrected chi connectivity index (χ0v) is 12.8. The van der Waals surface area contributed by atoms with Gasteiger partial charge in [-0.1, -0.05) is 55.5 Å². The summed E-state index contributed by atoms with van der Waals surface area (Å²) in [4.78, 5) is 7.91. The SMILES string of the molecule is CCCNCc1cccc(-c2cnc(-c3ccccc3)[nH]2)c1. The normalized spacial score (nSPS) is 10.8. The Hall–Kier alpha value is -2.39. The van der Waals surface area contributed by atoms with Crippen LogP contribution in [0.5, 0.6) is 0 Å². The average molecular weight is 291 g/mol. The smallest absolute Gasteiger partial charge is 0.137 e. The van der Waals surface area contributed by atoms with Crippen molar-refractivity contribution in [1.29, 1.82) is 0 Å². The van der Waals surface area contributed by atoms with Crippen LogP contribution >= 0.6 is 0 Å². The highest BCUT2D eigenvalue weighted by Gasteiger charge is 2.05. The van der Waals surface area contributed by atoms with E-state index >= 15 is 0 Å². The first-order chi connectivity index (χ1) is 10.9. The van der Waals surface area contributed by atoms with E-state index in [4.69, 9.17) is 0 Å². The fraction of sp³-hybridized carbons (Fsp3) is 0.211. The number of nitrogens with zero attached hydrogens (tertiary/aromatic N) is 1. The van der Waals surface area contributed by atoms with E-state index < -0.39 is 0 Å². The summed E-state index contributed by atoms with van der Waals surface area (Å²) in [5.74, 6) is 0.908. The molecule has 0 saturated carbocycles. The molecule has 0 aliphatic carbocycles. The van der Waals surface area contributed by atoms with Crippen molar-refractivity contribution >= 4 is 0 Å². The van der Waals surface area contributed by atoms with Gasteiger partial charge in [0.1, 0.15) is 5.82 Å². The van der Waals surface area contributed by atoms with E-state index in [0.717, 1.165) is 36.6 Å². The van der Waals surface area contributed by atoms with Gasteiger partial charge in [0, 0.05) is 12.1 Å². The second-order valence-electron chi connectivity index (χ2n) is 5.39. The number of hydrogen-bond donors (Lipinski definition) is 2. The molecule has 0 unspecified atom stereocenters. The van der Waals surface area contributed by atoms with Gasteiger partial charge in [-0.25, -0.2) is 4.98 Å². The Morgan fingerprint density at radius 2 is 1.82 bits per heavy atom. The predicted molar refractivity (Wildman–Crippen MR) is 91.5 cm³/mol. The van der Waals surface area contributed by atoms with Gasteiger partial charge >= 0.3 is 0 Å². The van der Waals surface area contributed by atoms with Gasteiger partial charge in [-0.15, -0.1) is 0 Å². The maximum Gasteiger partial charge on any atom is 0.137 e. The number of aromatic amines is 1. The van der Waals surface area contributed by atoms with Gasteiger partial charge < -0.3 is 10.3 Å². The molecule has 3 nitrogen and oxygen atoms in total. The van der Waals surface area contributed by atoms with Crippen molar-refractivity contribution in [2.75, 3.05) is 6.54 Å². The van der Waals surface area contributed by atoms with E-state index in [0.29, 0.717) is 0 Å². The first-order valence-electron chi connectivity index (χ1n) is 7.77. The standard InChI is InChI=1S/C19H21N3/c1-2-11-20-13-15-7-6-10-17(12-15)18-14-21-19(22-18)16-8-4-3-5-9-16/h3-10,12,14,20H,2,11,13H2,1H3,(H,21,22). The molecule has 112 valence electrons. The van der Waals surface area contributed by atoms with Gasteiger partial charge in [0.25, 0.3) is 0 Å². The highest BCUT2D eigenvalue weighted by molar-refractivity contribution is 5.64. The number of benzene rings is 2. The molecule has 2 aromatic carbocycles. The summed E-state index contributed by atoms with van der Waals surface area (Å²) in [6.45, 7) is 4.13. The maximum atomic E-state index is 4.50. The second-order valence-corrected chi connectivity index (χ2v) is 5.39. The quantitative estimate of drug-likeness (QED) is 0.667. The minimum absolute atomic E-state index is 0.904. The molecular weight excluding hydrogens is 270 g/mol. The number of nitrogens with one attached hydrogen (secondary N) is 2. The highest BCUT2D eigenvalue weighted by Crippen LogP contribution is 2.22. The molecule has 3 rings (SSSR count). The Morgan fingerprint density at radius 3 is 2.64 bits per heavy atom. The van der Waals surface area contributed by atoms with E-state index in [1.165, 1.54) is 11.1 Å². The van der Waals surface area contributed by atoms with Crippen molar-refractivity contribution in [3.8, 4) is 22.6 Å². The van der Waals surface area contributed by atoms with E-state index in [1.807, 2.05) is 24.4 Å². The van der Waals surface area contributed by atoms with Crippen LogP contribution in [0.2, 0.25) is 0 Å². The fourth-order valence-electron chi connectivity index (χ4n) is 2.47. The van der Waals surface area contributed by atoms with Crippen molar-refractivity contribution in [3.05, 3.63) is 66.4 Å². The molecule has 1 heterocycles. The summed E-state index contributed by atoms with van der Waals surface area (Å²) in [5.41, 5.74) is 4.62. The second kappa shape index (κ2) is 7.05. The number of rotatable bonds is 6. The van der Waals surface area contributed by atoms with Crippen LogP contribution in [0.25, 0.3) is 22.6 Å². The largest absolute Gasteiger partial charge is 0.338 e. The lowest BCUT2D eigenvalue weighted by Gasteiger charge is -2.05. The van der Waals surface area contributed by atoms with Gasteiger partial charge in [0.2, 0.25) is 0 Å². The summed E-state index contributed by atoms with van der Waals surface area (Å²) in [7, 11) is 0. The maximum absolute atomic E-state index is 4.50. The minimum atomic E-state index is 0.904. The lowest BCUT2D eigenvalue weighted by molar-refractivity contribution is 0.675. The van der Waals surface area contributed by atoms with Crippen LogP contribution in [0.4, 0.5) is 0 Å². The van der Waals surface area contributed by atoms with Gasteiger partial charge in [-0.2, -0.15) is 0 Å². The van der Waals surface area contributed by atoms with E-state index in [-0.39, 0.29) is 0 Å². The molecule has 0 atom stereocenters. The van der Waals surface area contributed by atoms with Crippen molar-refractivity contribution in [1.82, 2.24) is 15.3 Å². The number of H-pyrrole nitrogens is 1. The lowest BCUT2D eigenvalue weighted by Crippen LogP contribution is -2.13. The summed E-state index contributed by atoms with van der Waals surface area (Å²) in [6.07, 6.45) is 3.06. The molecule has 0 radical (unpaired) electrons. The molecule has 2 N–H and O–H groups in total. The molecule has 22 heavy (non-hydrogen) atoms. The third kappa shape index (κ3) is 3.43. The molecular formula is C19H21N3. The Bertz CT molecular complexity index is 716. The lowest BCUT2D eigenvalue weighted by atomic mass is 10.1. The van der Waals surface area contributed by atoms with Crippen molar-refractivity contribution in [2.45, 2.75) is 19.9 Å². The summed E-state index contributed by atoms with van der Waals surface area (Å²) >= 11 is 0. The van der Waals surface area contributed by atoms with Crippen LogP contribution < -0.4 is 5.32 Å². The molecule has 1 aromatic heterocycles. The van der Waals surface area contributed by atoms with Crippen LogP contribution in [-0.4, -0.2) is 16.5 Å². The monoisotopic (exact) mass is 291 g/mol. The zero-order chi connectivity index (χ0) is 15.2. The molecule has 0 aliphatic heterocycles. The van der Waals surface area contributed by atoms with Gasteiger partial charge in [-0.3, -0.25) is 0 Å². The molecule has 0 saturated heterocycles. The number of imidazole rings is 1. The van der Waals surface area contributed by atoms with E-state index in [1.54, 1.807) is 0 Å². The van der Waals surface area contributed by atoms with E-state index in [9.17, 15) is 0 Å². The van der Waals surface area contributed by atoms with E-state index in [2.05, 4.69) is 58.6 Å². The van der Waals surface area contributed by atoms with Crippen LogP contribution in [0.3, 0.4) is 0 Å². The topological polar surface area (TPSA) is 40.7 Å². The summed E-state index contributed by atoms with van der Waals surface area (Å²) in [5, 5.41) is 3.44. The van der Waals surface area contributed by atoms with Gasteiger partial charge in [0.05, 0.1) is 11.9 Å². The molecule has 0 bridgehead atoms. The van der Waals surface area contributed by atoms with Crippen LogP contribution in [0, 0.1) is 0 Å². The molecule has 3 aromatic rings. The molecule has 0 spiro atoms. The first-order valence-corrected chi connectivity index (χ1v) is 7.77. The molecule has 0 amide bonds. The number of hydrogen-bond acceptors (Lipinski definition) is 2. The predicted octanol–water partition coefficient (Wildman–Crippen LogP) is 4.24. The summed E-state index contributed by atoms with van der Waals surface area (Å²) < 4.78 is 0. The van der Waals surface area contributed by atoms with Crippen LogP contribution in [-0.2, 0) is 6.54 Å². The third-order valence-electron chi connectivity index (χ3n) is 3.62. The average Bonchev–Trinajstić information content (AvgIpc) is 3.06. The molecule has 0 fully saturated rings. The first kappa shape index (κ1) is 14.5. The van der Waals surface area contributed by atoms with Gasteiger partial charge in [0.15, 0.2) is 0 Å².